The minimum absolute atomic E-state index is 1.18. The van der Waals surface area contributed by atoms with E-state index in [0.29, 0.717) is 0 Å². The SMILES string of the molecule is c1ccc(-n2ccc3c4ccc5c6ccccc6n(-c6ccc7ccccc7c6)c5c4ccc32)cc1. The highest BCUT2D eigenvalue weighted by atomic mass is 15.0. The van der Waals surface area contributed by atoms with Gasteiger partial charge in [0.25, 0.3) is 0 Å². The monoisotopic (exact) mass is 458 g/mol. The van der Waals surface area contributed by atoms with Crippen molar-refractivity contribution in [2.75, 3.05) is 0 Å². The third kappa shape index (κ3) is 2.67. The summed E-state index contributed by atoms with van der Waals surface area (Å²) in [5.74, 6) is 0. The molecule has 0 saturated heterocycles. The Kier molecular flexibility index (Phi) is 3.97. The van der Waals surface area contributed by atoms with Crippen molar-refractivity contribution < 1.29 is 0 Å². The fraction of sp³-hybridized carbons (Fsp3) is 0. The fourth-order valence-electron chi connectivity index (χ4n) is 5.89. The molecule has 8 aromatic rings. The van der Waals surface area contributed by atoms with Crippen molar-refractivity contribution in [2.45, 2.75) is 0 Å². The molecule has 0 amide bonds. The summed E-state index contributed by atoms with van der Waals surface area (Å²) in [5, 5.41) is 8.90. The van der Waals surface area contributed by atoms with E-state index >= 15 is 0 Å². The van der Waals surface area contributed by atoms with Gasteiger partial charge >= 0.3 is 0 Å². The van der Waals surface area contributed by atoms with Crippen molar-refractivity contribution in [1.82, 2.24) is 9.13 Å². The molecule has 6 aromatic carbocycles. The van der Waals surface area contributed by atoms with Crippen LogP contribution in [0.15, 0.2) is 134 Å². The number of nitrogens with zero attached hydrogens (tertiary/aromatic N) is 2. The second-order valence-corrected chi connectivity index (χ2v) is 9.46. The maximum Gasteiger partial charge on any atom is 0.0619 e. The Bertz CT molecular complexity index is 2090. The van der Waals surface area contributed by atoms with Crippen LogP contribution in [0.2, 0.25) is 0 Å². The first-order chi connectivity index (χ1) is 17.9. The van der Waals surface area contributed by atoms with Crippen LogP contribution in [0.1, 0.15) is 0 Å². The van der Waals surface area contributed by atoms with Crippen molar-refractivity contribution in [3.63, 3.8) is 0 Å². The summed E-state index contributed by atoms with van der Waals surface area (Å²) in [5.41, 5.74) is 6.09. The van der Waals surface area contributed by atoms with Gasteiger partial charge in [-0.3, -0.25) is 0 Å². The lowest BCUT2D eigenvalue weighted by Crippen LogP contribution is -1.95. The summed E-state index contributed by atoms with van der Waals surface area (Å²) in [6.07, 6.45) is 2.18. The van der Waals surface area contributed by atoms with Gasteiger partial charge in [0.2, 0.25) is 0 Å². The van der Waals surface area contributed by atoms with Crippen molar-refractivity contribution in [3.8, 4) is 11.4 Å². The molecule has 0 spiro atoms. The second-order valence-electron chi connectivity index (χ2n) is 9.46. The Balaban J connectivity index is 1.49. The lowest BCUT2D eigenvalue weighted by atomic mass is 10.0. The molecular formula is C34H22N2. The molecule has 0 unspecified atom stereocenters. The standard InChI is InChI=1S/C34H22N2/c1-2-10-25(11-3-1)35-21-20-29-27-16-17-31-28-12-6-7-13-33(28)36(34(31)30(27)18-19-32(29)35)26-15-14-23-8-4-5-9-24(23)22-26/h1-22H. The molecule has 0 fully saturated rings. The van der Waals surface area contributed by atoms with Crippen LogP contribution in [-0.4, -0.2) is 9.13 Å². The average molecular weight is 459 g/mol. The second kappa shape index (κ2) is 7.34. The summed E-state index contributed by atoms with van der Waals surface area (Å²) >= 11 is 0. The zero-order valence-electron chi connectivity index (χ0n) is 19.6. The quantitative estimate of drug-likeness (QED) is 0.244. The van der Waals surface area contributed by atoms with Gasteiger partial charge in [0, 0.05) is 39.1 Å². The smallest absolute Gasteiger partial charge is 0.0619 e. The average Bonchev–Trinajstić information content (AvgIpc) is 3.53. The molecule has 8 rings (SSSR count). The van der Waals surface area contributed by atoms with E-state index in [0.717, 1.165) is 0 Å². The zero-order valence-corrected chi connectivity index (χ0v) is 19.6. The van der Waals surface area contributed by atoms with Crippen molar-refractivity contribution in [2.24, 2.45) is 0 Å². The summed E-state index contributed by atoms with van der Waals surface area (Å²) in [6.45, 7) is 0. The van der Waals surface area contributed by atoms with Crippen LogP contribution in [0.3, 0.4) is 0 Å². The zero-order chi connectivity index (χ0) is 23.6. The first-order valence-electron chi connectivity index (χ1n) is 12.4. The number of rotatable bonds is 2. The highest BCUT2D eigenvalue weighted by molar-refractivity contribution is 6.23. The summed E-state index contributed by atoms with van der Waals surface area (Å²) in [4.78, 5) is 0. The Morgan fingerprint density at radius 1 is 0.389 bits per heavy atom. The topological polar surface area (TPSA) is 9.86 Å². The molecule has 0 N–H and O–H groups in total. The van der Waals surface area contributed by atoms with E-state index in [1.54, 1.807) is 0 Å². The Morgan fingerprint density at radius 3 is 2.00 bits per heavy atom. The van der Waals surface area contributed by atoms with Gasteiger partial charge in [-0.05, 0) is 58.6 Å². The predicted octanol–water partition coefficient (Wildman–Crippen LogP) is 9.03. The van der Waals surface area contributed by atoms with E-state index in [1.165, 1.54) is 65.6 Å². The van der Waals surface area contributed by atoms with E-state index in [1.807, 2.05) is 0 Å². The minimum atomic E-state index is 1.18. The number of aromatic nitrogens is 2. The van der Waals surface area contributed by atoms with Gasteiger partial charge in [0.15, 0.2) is 0 Å². The molecule has 0 saturated carbocycles. The van der Waals surface area contributed by atoms with E-state index in [2.05, 4.69) is 143 Å². The lowest BCUT2D eigenvalue weighted by molar-refractivity contribution is 1.13. The van der Waals surface area contributed by atoms with E-state index in [-0.39, 0.29) is 0 Å². The number of fused-ring (bicyclic) bond motifs is 8. The number of hydrogen-bond acceptors (Lipinski definition) is 0. The van der Waals surface area contributed by atoms with Gasteiger partial charge in [0.05, 0.1) is 16.6 Å². The highest BCUT2D eigenvalue weighted by Gasteiger charge is 2.17. The van der Waals surface area contributed by atoms with E-state index < -0.39 is 0 Å². The molecule has 0 aliphatic heterocycles. The number of benzene rings is 6. The molecular weight excluding hydrogens is 436 g/mol. The highest BCUT2D eigenvalue weighted by Crippen LogP contribution is 2.39. The van der Waals surface area contributed by atoms with Gasteiger partial charge in [-0.15, -0.1) is 0 Å². The molecule has 0 atom stereocenters. The normalized spacial score (nSPS) is 11.9. The molecule has 2 heteroatoms. The Labute approximate surface area is 208 Å². The molecule has 2 nitrogen and oxygen atoms in total. The molecule has 0 aliphatic carbocycles. The summed E-state index contributed by atoms with van der Waals surface area (Å²) < 4.78 is 4.72. The largest absolute Gasteiger partial charge is 0.317 e. The molecule has 0 radical (unpaired) electrons. The third-order valence-electron chi connectivity index (χ3n) is 7.53. The van der Waals surface area contributed by atoms with Gasteiger partial charge in [-0.1, -0.05) is 84.9 Å². The molecule has 2 aromatic heterocycles. The molecule has 168 valence electrons. The van der Waals surface area contributed by atoms with Gasteiger partial charge < -0.3 is 9.13 Å². The van der Waals surface area contributed by atoms with Crippen LogP contribution < -0.4 is 0 Å². The van der Waals surface area contributed by atoms with Crippen LogP contribution in [-0.2, 0) is 0 Å². The minimum Gasteiger partial charge on any atom is -0.317 e. The summed E-state index contributed by atoms with van der Waals surface area (Å²) in [7, 11) is 0. The first kappa shape index (κ1) is 19.5. The maximum atomic E-state index is 2.44. The van der Waals surface area contributed by atoms with Crippen molar-refractivity contribution >= 4 is 54.3 Å². The third-order valence-corrected chi connectivity index (χ3v) is 7.53. The van der Waals surface area contributed by atoms with Crippen LogP contribution in [0, 0.1) is 0 Å². The Morgan fingerprint density at radius 2 is 1.08 bits per heavy atom. The van der Waals surface area contributed by atoms with Crippen LogP contribution in [0.4, 0.5) is 0 Å². The van der Waals surface area contributed by atoms with Crippen LogP contribution in [0.5, 0.6) is 0 Å². The van der Waals surface area contributed by atoms with E-state index in [4.69, 9.17) is 0 Å². The first-order valence-corrected chi connectivity index (χ1v) is 12.4. The van der Waals surface area contributed by atoms with Crippen molar-refractivity contribution in [3.05, 3.63) is 134 Å². The fourth-order valence-corrected chi connectivity index (χ4v) is 5.89. The van der Waals surface area contributed by atoms with Gasteiger partial charge in [-0.25, -0.2) is 0 Å². The summed E-state index contributed by atoms with van der Waals surface area (Å²) in [6, 6.07) is 46.1. The lowest BCUT2D eigenvalue weighted by Gasteiger charge is -2.12. The number of para-hydroxylation sites is 2. The molecule has 0 aliphatic rings. The van der Waals surface area contributed by atoms with E-state index in [9.17, 15) is 0 Å². The molecule has 0 bridgehead atoms. The molecule has 2 heterocycles. The number of hydrogen-bond donors (Lipinski definition) is 0. The van der Waals surface area contributed by atoms with Crippen LogP contribution in [0.25, 0.3) is 65.6 Å². The predicted molar refractivity (Wildman–Crippen MR) is 153 cm³/mol. The van der Waals surface area contributed by atoms with Gasteiger partial charge in [-0.2, -0.15) is 0 Å². The Hall–Kier alpha value is -4.82. The maximum absolute atomic E-state index is 2.44. The van der Waals surface area contributed by atoms with Gasteiger partial charge in [0.1, 0.15) is 0 Å². The van der Waals surface area contributed by atoms with Crippen molar-refractivity contribution in [1.29, 1.82) is 0 Å². The van der Waals surface area contributed by atoms with Crippen LogP contribution >= 0.6 is 0 Å². The molecule has 36 heavy (non-hydrogen) atoms.